The van der Waals surface area contributed by atoms with Gasteiger partial charge < -0.3 is 5.32 Å². The first kappa shape index (κ1) is 30.9. The highest BCUT2D eigenvalue weighted by atomic mass is 14.8. The van der Waals surface area contributed by atoms with Crippen LogP contribution in [0, 0.1) is 23.2 Å². The van der Waals surface area contributed by atoms with E-state index in [1.54, 1.807) is 5.57 Å². The van der Waals surface area contributed by atoms with E-state index in [1.165, 1.54) is 92.9 Å². The molecule has 4 rings (SSSR count). The number of aliphatic imine (C=N–C) groups is 1. The van der Waals surface area contributed by atoms with Crippen LogP contribution in [0.4, 0.5) is 0 Å². The van der Waals surface area contributed by atoms with Gasteiger partial charge in [-0.2, -0.15) is 0 Å². The number of allylic oxidation sites excluding steroid dienone is 7. The van der Waals surface area contributed by atoms with Crippen LogP contribution in [-0.4, -0.2) is 25.8 Å². The summed E-state index contributed by atoms with van der Waals surface area (Å²) in [6.45, 7) is 22.5. The quantitative estimate of drug-likeness (QED) is 0.111. The van der Waals surface area contributed by atoms with Gasteiger partial charge in [0.2, 0.25) is 0 Å². The lowest BCUT2D eigenvalue weighted by Gasteiger charge is -2.49. The van der Waals surface area contributed by atoms with Crippen LogP contribution >= 0.6 is 0 Å². The first-order valence-corrected chi connectivity index (χ1v) is 15.8. The van der Waals surface area contributed by atoms with Gasteiger partial charge in [0.15, 0.2) is 0 Å². The van der Waals surface area contributed by atoms with Gasteiger partial charge in [0.05, 0.1) is 0 Å². The summed E-state index contributed by atoms with van der Waals surface area (Å²) >= 11 is 0. The van der Waals surface area contributed by atoms with Crippen LogP contribution in [0.3, 0.4) is 0 Å². The number of nitrogens with one attached hydrogen (secondary N) is 1. The Morgan fingerprint density at radius 1 is 1.08 bits per heavy atom. The van der Waals surface area contributed by atoms with Gasteiger partial charge >= 0.3 is 0 Å². The number of hydrogen-bond acceptors (Lipinski definition) is 2. The lowest BCUT2D eigenvalue weighted by Crippen LogP contribution is -2.38. The smallest absolute Gasteiger partial charge is 0.0395 e. The largest absolute Gasteiger partial charge is 0.316 e. The molecule has 3 saturated carbocycles. The van der Waals surface area contributed by atoms with E-state index in [2.05, 4.69) is 65.2 Å². The fraction of sp³-hybridized carbons (Fsp3) is 0.694. The number of nitrogens with zero attached hydrogens (tertiary/aromatic N) is 1. The molecule has 2 heteroatoms. The van der Waals surface area contributed by atoms with Gasteiger partial charge in [-0.25, -0.2) is 0 Å². The van der Waals surface area contributed by atoms with Crippen molar-refractivity contribution in [2.24, 2.45) is 28.2 Å². The van der Waals surface area contributed by atoms with Gasteiger partial charge in [-0.3, -0.25) is 4.99 Å². The molecule has 2 nitrogen and oxygen atoms in total. The van der Waals surface area contributed by atoms with Gasteiger partial charge in [-0.05, 0) is 144 Å². The minimum absolute atomic E-state index is 0.489. The Morgan fingerprint density at radius 2 is 1.76 bits per heavy atom. The maximum Gasteiger partial charge on any atom is 0.0395 e. The van der Waals surface area contributed by atoms with E-state index < -0.39 is 0 Å². The second-order valence-electron chi connectivity index (χ2n) is 13.3. The fourth-order valence-corrected chi connectivity index (χ4v) is 7.14. The summed E-state index contributed by atoms with van der Waals surface area (Å²) in [5.41, 5.74) is 9.78. The highest BCUT2D eigenvalue weighted by molar-refractivity contribution is 6.04. The van der Waals surface area contributed by atoms with Crippen molar-refractivity contribution < 1.29 is 0 Å². The molecule has 0 radical (unpaired) electrons. The van der Waals surface area contributed by atoms with Crippen molar-refractivity contribution in [2.75, 3.05) is 20.1 Å². The molecule has 1 unspecified atom stereocenters. The zero-order valence-corrected chi connectivity index (χ0v) is 25.9. The zero-order valence-electron chi connectivity index (χ0n) is 25.9. The summed E-state index contributed by atoms with van der Waals surface area (Å²) in [5, 5.41) is 3.60. The van der Waals surface area contributed by atoms with Gasteiger partial charge in [-0.1, -0.05) is 63.6 Å². The molecule has 0 aromatic rings. The second kappa shape index (κ2) is 14.6. The van der Waals surface area contributed by atoms with Crippen LogP contribution in [0.2, 0.25) is 0 Å². The SMILES string of the molecule is C=C(CCNCC(C)C)C/C(C(=C)C)=C(C(C)=NC)\C(=C/C(C)C12CCC(CC1)CC2)C1=CCCCCC1. The van der Waals surface area contributed by atoms with Crippen LogP contribution < -0.4 is 5.32 Å². The normalized spacial score (nSPS) is 26.1. The van der Waals surface area contributed by atoms with E-state index in [9.17, 15) is 0 Å². The number of hydrogen-bond donors (Lipinski definition) is 1. The van der Waals surface area contributed by atoms with Gasteiger partial charge in [0.1, 0.15) is 0 Å². The Hall–Kier alpha value is -1.67. The minimum atomic E-state index is 0.489. The molecule has 4 aliphatic rings. The summed E-state index contributed by atoms with van der Waals surface area (Å²) in [6.07, 6.45) is 22.0. The lowest BCUT2D eigenvalue weighted by molar-refractivity contribution is 0.0321. The number of fused-ring (bicyclic) bond motifs is 3. The van der Waals surface area contributed by atoms with E-state index in [0.29, 0.717) is 17.3 Å². The predicted molar refractivity (Wildman–Crippen MR) is 169 cm³/mol. The summed E-state index contributed by atoms with van der Waals surface area (Å²) in [5.74, 6) is 2.25. The third-order valence-corrected chi connectivity index (χ3v) is 9.84. The molecular weight excluding hydrogens is 460 g/mol. The summed E-state index contributed by atoms with van der Waals surface area (Å²) in [6, 6.07) is 0. The van der Waals surface area contributed by atoms with Crippen LogP contribution in [0.25, 0.3) is 0 Å². The molecule has 2 bridgehead atoms. The Balaban J connectivity index is 2.03. The molecule has 1 N–H and O–H groups in total. The maximum atomic E-state index is 4.81. The molecule has 0 spiro atoms. The Bertz CT molecular complexity index is 932. The molecule has 0 aliphatic heterocycles. The third kappa shape index (κ3) is 8.17. The molecule has 38 heavy (non-hydrogen) atoms. The van der Waals surface area contributed by atoms with Crippen molar-refractivity contribution >= 4 is 5.71 Å². The number of rotatable bonds is 13. The van der Waals surface area contributed by atoms with Gasteiger partial charge in [0, 0.05) is 18.3 Å². The zero-order chi connectivity index (χ0) is 27.7. The molecule has 0 aromatic carbocycles. The average molecular weight is 519 g/mol. The fourth-order valence-electron chi connectivity index (χ4n) is 7.14. The molecule has 0 heterocycles. The van der Waals surface area contributed by atoms with Crippen molar-refractivity contribution in [3.63, 3.8) is 0 Å². The summed E-state index contributed by atoms with van der Waals surface area (Å²) in [7, 11) is 1.96. The van der Waals surface area contributed by atoms with E-state index in [4.69, 9.17) is 4.99 Å². The Kier molecular flexibility index (Phi) is 11.9. The van der Waals surface area contributed by atoms with E-state index in [-0.39, 0.29) is 0 Å². The molecule has 0 aromatic heterocycles. The lowest BCUT2D eigenvalue weighted by atomic mass is 9.55. The third-order valence-electron chi connectivity index (χ3n) is 9.84. The van der Waals surface area contributed by atoms with Crippen molar-refractivity contribution in [3.05, 3.63) is 58.7 Å². The van der Waals surface area contributed by atoms with E-state index in [0.717, 1.165) is 43.1 Å². The van der Waals surface area contributed by atoms with Crippen LogP contribution in [0.15, 0.2) is 63.7 Å². The predicted octanol–water partition coefficient (Wildman–Crippen LogP) is 9.96. The van der Waals surface area contributed by atoms with Gasteiger partial charge in [0.25, 0.3) is 0 Å². The highest BCUT2D eigenvalue weighted by Crippen LogP contribution is 2.55. The van der Waals surface area contributed by atoms with Crippen molar-refractivity contribution in [2.45, 2.75) is 118 Å². The van der Waals surface area contributed by atoms with Crippen LogP contribution in [-0.2, 0) is 0 Å². The first-order valence-electron chi connectivity index (χ1n) is 15.8. The average Bonchev–Trinajstić information content (AvgIpc) is 3.20. The standard InChI is InChI=1S/C36H58N2/c1-26(2)25-38-22-18-28(5)23-33(27(3)4)35(30(7)37-8)34(32-13-11-9-10-12-14-32)24-29(6)36-19-15-31(16-20-36)17-21-36/h13,24,26,29,31,38H,3,5,9-12,14-23,25H2,1-2,4,6-8H3/b34-24-,35-33+,37-30?. The van der Waals surface area contributed by atoms with E-state index >= 15 is 0 Å². The van der Waals surface area contributed by atoms with E-state index in [1.807, 2.05) is 7.05 Å². The molecule has 0 saturated heterocycles. The van der Waals surface area contributed by atoms with Crippen LogP contribution in [0.1, 0.15) is 118 Å². The molecule has 3 fully saturated rings. The van der Waals surface area contributed by atoms with Crippen molar-refractivity contribution in [3.8, 4) is 0 Å². The Labute approximate surface area is 235 Å². The maximum absolute atomic E-state index is 4.81. The molecule has 4 aliphatic carbocycles. The second-order valence-corrected chi connectivity index (χ2v) is 13.3. The molecule has 212 valence electrons. The first-order chi connectivity index (χ1) is 18.2. The van der Waals surface area contributed by atoms with Crippen LogP contribution in [0.5, 0.6) is 0 Å². The highest BCUT2D eigenvalue weighted by Gasteiger charge is 2.43. The summed E-state index contributed by atoms with van der Waals surface area (Å²) < 4.78 is 0. The summed E-state index contributed by atoms with van der Waals surface area (Å²) in [4.78, 5) is 4.81. The Morgan fingerprint density at radius 3 is 2.37 bits per heavy atom. The molecule has 1 atom stereocenters. The monoisotopic (exact) mass is 518 g/mol. The minimum Gasteiger partial charge on any atom is -0.316 e. The topological polar surface area (TPSA) is 24.4 Å². The van der Waals surface area contributed by atoms with Gasteiger partial charge in [-0.15, -0.1) is 0 Å². The molecule has 0 amide bonds. The van der Waals surface area contributed by atoms with Crippen molar-refractivity contribution in [1.82, 2.24) is 5.32 Å². The molecular formula is C36H58N2. The van der Waals surface area contributed by atoms with Crippen molar-refractivity contribution in [1.29, 1.82) is 0 Å².